The van der Waals surface area contributed by atoms with E-state index in [1.54, 1.807) is 24.5 Å². The lowest BCUT2D eigenvalue weighted by Gasteiger charge is -2.31. The highest BCUT2D eigenvalue weighted by atomic mass is 35.5. The summed E-state index contributed by atoms with van der Waals surface area (Å²) in [6.07, 6.45) is 5.74. The van der Waals surface area contributed by atoms with Gasteiger partial charge in [0.1, 0.15) is 0 Å². The highest BCUT2D eigenvalue weighted by Crippen LogP contribution is 2.24. The molecule has 0 radical (unpaired) electrons. The normalized spacial score (nSPS) is 22.0. The molecular formula is C18H22ClN5O. The third-order valence-electron chi connectivity index (χ3n) is 4.84. The van der Waals surface area contributed by atoms with E-state index in [9.17, 15) is 4.79 Å². The Morgan fingerprint density at radius 3 is 2.36 bits per heavy atom. The Labute approximate surface area is 153 Å². The summed E-state index contributed by atoms with van der Waals surface area (Å²) in [6.45, 7) is 4.39. The molecule has 0 spiro atoms. The summed E-state index contributed by atoms with van der Waals surface area (Å²) in [7, 11) is 0. The number of hydrogen-bond acceptors (Lipinski definition) is 5. The second kappa shape index (κ2) is 7.80. The van der Waals surface area contributed by atoms with Gasteiger partial charge in [0.15, 0.2) is 0 Å². The van der Waals surface area contributed by atoms with E-state index in [0.29, 0.717) is 17.3 Å². The first-order chi connectivity index (χ1) is 11.8. The van der Waals surface area contributed by atoms with Crippen LogP contribution < -0.4 is 10.2 Å². The Kier molecular flexibility index (Phi) is 5.50. The quantitative estimate of drug-likeness (QED) is 0.912. The van der Waals surface area contributed by atoms with Gasteiger partial charge in [-0.2, -0.15) is 0 Å². The molecule has 0 aliphatic carbocycles. The molecule has 5 rings (SSSR count). The number of aromatic nitrogens is 2. The Morgan fingerprint density at radius 1 is 1.00 bits per heavy atom. The topological polar surface area (TPSA) is 61.4 Å². The maximum atomic E-state index is 12.2. The molecule has 6 nitrogen and oxygen atoms in total. The van der Waals surface area contributed by atoms with Gasteiger partial charge in [-0.1, -0.05) is 18.2 Å². The number of piperidine rings is 1. The van der Waals surface area contributed by atoms with Crippen molar-refractivity contribution in [3.8, 4) is 0 Å². The molecule has 3 fully saturated rings. The van der Waals surface area contributed by atoms with Crippen molar-refractivity contribution in [2.45, 2.75) is 18.9 Å². The first kappa shape index (κ1) is 17.6. The number of carbonyl (C=O) groups is 1. The van der Waals surface area contributed by atoms with Gasteiger partial charge in [0.2, 0.25) is 5.95 Å². The zero-order valence-corrected chi connectivity index (χ0v) is 14.8. The van der Waals surface area contributed by atoms with Crippen LogP contribution in [0.3, 0.4) is 0 Å². The molecule has 1 aromatic heterocycles. The minimum absolute atomic E-state index is 0. The van der Waals surface area contributed by atoms with Crippen LogP contribution in [0.4, 0.5) is 11.6 Å². The number of fused-ring (bicyclic) bond motifs is 4. The van der Waals surface area contributed by atoms with Crippen molar-refractivity contribution in [3.63, 3.8) is 0 Å². The molecule has 2 aromatic rings. The van der Waals surface area contributed by atoms with E-state index in [2.05, 4.69) is 25.1 Å². The predicted molar refractivity (Wildman–Crippen MR) is 100 cm³/mol. The summed E-state index contributed by atoms with van der Waals surface area (Å²) < 4.78 is 0. The molecule has 7 heteroatoms. The summed E-state index contributed by atoms with van der Waals surface area (Å²) >= 11 is 0. The smallest absolute Gasteiger partial charge is 0.255 e. The van der Waals surface area contributed by atoms with Gasteiger partial charge in [0, 0.05) is 37.8 Å². The number of amides is 1. The molecule has 3 aliphatic heterocycles. The van der Waals surface area contributed by atoms with E-state index in [4.69, 9.17) is 0 Å². The average Bonchev–Trinajstić information content (AvgIpc) is 2.97. The van der Waals surface area contributed by atoms with Gasteiger partial charge in [0.25, 0.3) is 5.91 Å². The van der Waals surface area contributed by atoms with Gasteiger partial charge in [-0.25, -0.2) is 9.97 Å². The number of carbonyl (C=O) groups excluding carboxylic acids is 1. The monoisotopic (exact) mass is 359 g/mol. The van der Waals surface area contributed by atoms with E-state index >= 15 is 0 Å². The minimum atomic E-state index is -0.145. The van der Waals surface area contributed by atoms with Crippen molar-refractivity contribution in [2.75, 3.05) is 36.4 Å². The van der Waals surface area contributed by atoms with Gasteiger partial charge in [-0.15, -0.1) is 12.4 Å². The number of anilines is 2. The molecule has 2 bridgehead atoms. The first-order valence-electron chi connectivity index (χ1n) is 8.47. The number of hydrogen-bond donors (Lipinski definition) is 1. The fourth-order valence-corrected chi connectivity index (χ4v) is 3.48. The summed E-state index contributed by atoms with van der Waals surface area (Å²) in [6, 6.07) is 9.69. The Hall–Kier alpha value is -2.18. The number of nitrogens with zero attached hydrogens (tertiary/aromatic N) is 4. The van der Waals surface area contributed by atoms with Crippen LogP contribution in [0.5, 0.6) is 0 Å². The Balaban J connectivity index is 0.00000182. The van der Waals surface area contributed by atoms with Crippen LogP contribution in [0.2, 0.25) is 0 Å². The second-order valence-electron chi connectivity index (χ2n) is 6.36. The lowest BCUT2D eigenvalue weighted by Crippen LogP contribution is -2.38. The third-order valence-corrected chi connectivity index (χ3v) is 4.84. The van der Waals surface area contributed by atoms with E-state index in [0.717, 1.165) is 19.0 Å². The van der Waals surface area contributed by atoms with Crippen molar-refractivity contribution < 1.29 is 4.79 Å². The van der Waals surface area contributed by atoms with Crippen LogP contribution in [0.1, 0.15) is 23.2 Å². The van der Waals surface area contributed by atoms with Crippen molar-refractivity contribution in [2.24, 2.45) is 0 Å². The highest BCUT2D eigenvalue weighted by Gasteiger charge is 2.30. The highest BCUT2D eigenvalue weighted by molar-refractivity contribution is 6.04. The number of nitrogens with one attached hydrogen (secondary N) is 1. The molecule has 1 N–H and O–H groups in total. The summed E-state index contributed by atoms with van der Waals surface area (Å²) in [5.41, 5.74) is 1.25. The predicted octanol–water partition coefficient (Wildman–Crippen LogP) is 2.44. The molecule has 0 atom stereocenters. The SMILES string of the molecule is Cl.O=C(Nc1cnc(N2CCN3CCC2CC3)nc1)c1ccccc1. The summed E-state index contributed by atoms with van der Waals surface area (Å²) in [5.74, 6) is 0.620. The third kappa shape index (κ3) is 3.91. The number of halogens is 1. The zero-order chi connectivity index (χ0) is 16.4. The molecule has 1 aromatic carbocycles. The molecule has 0 saturated carbocycles. The minimum Gasteiger partial charge on any atom is -0.336 e. The maximum absolute atomic E-state index is 12.2. The molecule has 3 aliphatic rings. The maximum Gasteiger partial charge on any atom is 0.255 e. The van der Waals surface area contributed by atoms with Crippen molar-refractivity contribution in [1.82, 2.24) is 14.9 Å². The van der Waals surface area contributed by atoms with Gasteiger partial charge in [-0.05, 0) is 25.0 Å². The van der Waals surface area contributed by atoms with Crippen molar-refractivity contribution in [1.29, 1.82) is 0 Å². The number of benzene rings is 1. The van der Waals surface area contributed by atoms with Crippen LogP contribution in [0.25, 0.3) is 0 Å². The largest absolute Gasteiger partial charge is 0.336 e. The Bertz CT molecular complexity index is 701. The Morgan fingerprint density at radius 2 is 1.68 bits per heavy atom. The number of rotatable bonds is 3. The lowest BCUT2D eigenvalue weighted by atomic mass is 10.1. The van der Waals surface area contributed by atoms with Gasteiger partial charge >= 0.3 is 0 Å². The van der Waals surface area contributed by atoms with Gasteiger partial charge in [-0.3, -0.25) is 4.79 Å². The van der Waals surface area contributed by atoms with Crippen LogP contribution >= 0.6 is 12.4 Å². The summed E-state index contributed by atoms with van der Waals surface area (Å²) in [4.78, 5) is 26.0. The molecule has 3 saturated heterocycles. The van der Waals surface area contributed by atoms with Crippen LogP contribution in [-0.2, 0) is 0 Å². The fraction of sp³-hybridized carbons (Fsp3) is 0.389. The van der Waals surface area contributed by atoms with Crippen molar-refractivity contribution in [3.05, 3.63) is 48.3 Å². The lowest BCUT2D eigenvalue weighted by molar-refractivity contribution is 0.102. The molecular weight excluding hydrogens is 338 g/mol. The van der Waals surface area contributed by atoms with Gasteiger partial charge < -0.3 is 15.1 Å². The molecule has 0 unspecified atom stereocenters. The van der Waals surface area contributed by atoms with Crippen LogP contribution in [-0.4, -0.2) is 53.0 Å². The fourth-order valence-electron chi connectivity index (χ4n) is 3.48. The van der Waals surface area contributed by atoms with E-state index < -0.39 is 0 Å². The summed E-state index contributed by atoms with van der Waals surface area (Å²) in [5, 5.41) is 2.84. The average molecular weight is 360 g/mol. The molecule has 4 heterocycles. The zero-order valence-electron chi connectivity index (χ0n) is 14.0. The van der Waals surface area contributed by atoms with Crippen molar-refractivity contribution >= 4 is 29.9 Å². The first-order valence-corrected chi connectivity index (χ1v) is 8.47. The standard InChI is InChI=1S/C18H21N5O.ClH/c24-17(14-4-2-1-3-5-14)21-15-12-19-18(20-13-15)23-11-10-22-8-6-16(23)7-9-22;/h1-5,12-13,16H,6-11H2,(H,21,24);1H. The van der Waals surface area contributed by atoms with Crippen LogP contribution in [0.15, 0.2) is 42.7 Å². The molecule has 1 amide bonds. The van der Waals surface area contributed by atoms with E-state index in [1.165, 1.54) is 25.9 Å². The molecule has 132 valence electrons. The van der Waals surface area contributed by atoms with E-state index in [1.807, 2.05) is 18.2 Å². The second-order valence-corrected chi connectivity index (χ2v) is 6.36. The van der Waals surface area contributed by atoms with E-state index in [-0.39, 0.29) is 18.3 Å². The van der Waals surface area contributed by atoms with Gasteiger partial charge in [0.05, 0.1) is 18.1 Å². The molecule has 25 heavy (non-hydrogen) atoms. The van der Waals surface area contributed by atoms with Crippen LogP contribution in [0, 0.1) is 0 Å².